The van der Waals surface area contributed by atoms with Gasteiger partial charge in [-0.25, -0.2) is 0 Å². The molecule has 0 aliphatic heterocycles. The number of rotatable bonds is 2. The molecular weight excluding hydrogens is 124 g/mol. The fraction of sp³-hybridized carbons (Fsp3) is 0.778. The van der Waals surface area contributed by atoms with Crippen molar-refractivity contribution in [3.8, 4) is 0 Å². The van der Waals surface area contributed by atoms with Crippen LogP contribution < -0.4 is 0 Å². The molecule has 2 atom stereocenters. The van der Waals surface area contributed by atoms with Gasteiger partial charge in [-0.3, -0.25) is 0 Å². The van der Waals surface area contributed by atoms with Gasteiger partial charge in [0.1, 0.15) is 0 Å². The first-order valence-corrected chi connectivity index (χ1v) is 4.10. The van der Waals surface area contributed by atoms with E-state index in [1.165, 1.54) is 19.3 Å². The lowest BCUT2D eigenvalue weighted by atomic mass is 10.1. The lowest BCUT2D eigenvalue weighted by molar-refractivity contribution is 0.341. The molecule has 0 amide bonds. The average Bonchev–Trinajstić information content (AvgIpc) is 2.31. The summed E-state index contributed by atoms with van der Waals surface area (Å²) in [5.41, 5.74) is 0. The van der Waals surface area contributed by atoms with Crippen molar-refractivity contribution in [1.82, 2.24) is 0 Å². The Hall–Kier alpha value is -0.300. The summed E-state index contributed by atoms with van der Waals surface area (Å²) in [6.07, 6.45) is 8.01. The Morgan fingerprint density at radius 3 is 2.80 bits per heavy atom. The predicted molar refractivity (Wildman–Crippen MR) is 42.7 cm³/mol. The lowest BCUT2D eigenvalue weighted by Crippen LogP contribution is -1.89. The SMILES string of the molecule is C[C@H]1CC[C@@H](/C=C\CO)C1. The Labute approximate surface area is 62.8 Å². The van der Waals surface area contributed by atoms with Crippen LogP contribution in [0.5, 0.6) is 0 Å². The van der Waals surface area contributed by atoms with Crippen LogP contribution in [-0.4, -0.2) is 11.7 Å². The molecule has 0 heterocycles. The summed E-state index contributed by atoms with van der Waals surface area (Å²) in [6, 6.07) is 0. The van der Waals surface area contributed by atoms with Gasteiger partial charge in [0.05, 0.1) is 6.61 Å². The molecule has 10 heavy (non-hydrogen) atoms. The highest BCUT2D eigenvalue weighted by Gasteiger charge is 2.18. The summed E-state index contributed by atoms with van der Waals surface area (Å²) in [6.45, 7) is 2.50. The van der Waals surface area contributed by atoms with Crippen molar-refractivity contribution in [1.29, 1.82) is 0 Å². The maximum absolute atomic E-state index is 8.51. The van der Waals surface area contributed by atoms with Crippen LogP contribution in [0.25, 0.3) is 0 Å². The van der Waals surface area contributed by atoms with Gasteiger partial charge in [-0.1, -0.05) is 25.5 Å². The van der Waals surface area contributed by atoms with Crippen molar-refractivity contribution in [3.63, 3.8) is 0 Å². The Balaban J connectivity index is 2.24. The molecule has 1 heteroatoms. The van der Waals surface area contributed by atoms with Crippen molar-refractivity contribution < 1.29 is 5.11 Å². The van der Waals surface area contributed by atoms with Crippen LogP contribution in [0.3, 0.4) is 0 Å². The third kappa shape index (κ3) is 2.14. The Morgan fingerprint density at radius 1 is 1.50 bits per heavy atom. The Kier molecular flexibility index (Phi) is 2.94. The van der Waals surface area contributed by atoms with E-state index in [-0.39, 0.29) is 6.61 Å². The molecule has 0 spiro atoms. The minimum atomic E-state index is 0.199. The topological polar surface area (TPSA) is 20.2 Å². The van der Waals surface area contributed by atoms with Gasteiger partial charge in [-0.15, -0.1) is 0 Å². The summed E-state index contributed by atoms with van der Waals surface area (Å²) < 4.78 is 0. The fourth-order valence-electron chi connectivity index (χ4n) is 1.68. The van der Waals surface area contributed by atoms with Gasteiger partial charge in [0, 0.05) is 0 Å². The van der Waals surface area contributed by atoms with Crippen LogP contribution in [-0.2, 0) is 0 Å². The summed E-state index contributed by atoms with van der Waals surface area (Å²) in [5, 5.41) is 8.51. The van der Waals surface area contributed by atoms with Crippen LogP contribution in [0.4, 0.5) is 0 Å². The van der Waals surface area contributed by atoms with Crippen molar-refractivity contribution in [3.05, 3.63) is 12.2 Å². The Morgan fingerprint density at radius 2 is 2.30 bits per heavy atom. The molecule has 0 bridgehead atoms. The van der Waals surface area contributed by atoms with Gasteiger partial charge in [0.25, 0.3) is 0 Å². The first kappa shape index (κ1) is 7.80. The van der Waals surface area contributed by atoms with Gasteiger partial charge < -0.3 is 5.11 Å². The molecule has 0 aromatic rings. The second-order valence-electron chi connectivity index (χ2n) is 3.29. The van der Waals surface area contributed by atoms with Gasteiger partial charge >= 0.3 is 0 Å². The van der Waals surface area contributed by atoms with E-state index in [1.54, 1.807) is 0 Å². The largest absolute Gasteiger partial charge is 0.392 e. The van der Waals surface area contributed by atoms with Gasteiger partial charge in [-0.2, -0.15) is 0 Å². The van der Waals surface area contributed by atoms with E-state index in [9.17, 15) is 0 Å². The molecule has 0 aromatic heterocycles. The zero-order chi connectivity index (χ0) is 7.40. The van der Waals surface area contributed by atoms with Crippen LogP contribution >= 0.6 is 0 Å². The van der Waals surface area contributed by atoms with Gasteiger partial charge in [0.15, 0.2) is 0 Å². The molecule has 1 N–H and O–H groups in total. The number of aliphatic hydroxyl groups excluding tert-OH is 1. The molecule has 58 valence electrons. The third-order valence-corrected chi connectivity index (χ3v) is 2.25. The van der Waals surface area contributed by atoms with E-state index in [4.69, 9.17) is 5.11 Å². The van der Waals surface area contributed by atoms with Gasteiger partial charge in [0.2, 0.25) is 0 Å². The van der Waals surface area contributed by atoms with Crippen LogP contribution in [0, 0.1) is 11.8 Å². The molecule has 0 aromatic carbocycles. The molecule has 1 rings (SSSR count). The highest BCUT2D eigenvalue weighted by Crippen LogP contribution is 2.30. The van der Waals surface area contributed by atoms with Crippen molar-refractivity contribution in [2.24, 2.45) is 11.8 Å². The zero-order valence-corrected chi connectivity index (χ0v) is 6.59. The van der Waals surface area contributed by atoms with Crippen LogP contribution in [0.1, 0.15) is 26.2 Å². The monoisotopic (exact) mass is 140 g/mol. The third-order valence-electron chi connectivity index (χ3n) is 2.25. The molecule has 1 aliphatic rings. The average molecular weight is 140 g/mol. The summed E-state index contributed by atoms with van der Waals surface area (Å²) >= 11 is 0. The summed E-state index contributed by atoms with van der Waals surface area (Å²) in [4.78, 5) is 0. The van der Waals surface area contributed by atoms with E-state index in [2.05, 4.69) is 13.0 Å². The number of allylic oxidation sites excluding steroid dienone is 1. The van der Waals surface area contributed by atoms with Crippen molar-refractivity contribution in [2.45, 2.75) is 26.2 Å². The number of hydrogen-bond donors (Lipinski definition) is 1. The smallest absolute Gasteiger partial charge is 0.0612 e. The summed E-state index contributed by atoms with van der Waals surface area (Å²) in [5.74, 6) is 1.65. The van der Waals surface area contributed by atoms with E-state index in [1.807, 2.05) is 6.08 Å². The van der Waals surface area contributed by atoms with Gasteiger partial charge in [-0.05, 0) is 24.7 Å². The normalized spacial score (nSPS) is 33.8. The number of hydrogen-bond acceptors (Lipinski definition) is 1. The summed E-state index contributed by atoms with van der Waals surface area (Å²) in [7, 11) is 0. The first-order valence-electron chi connectivity index (χ1n) is 4.10. The minimum Gasteiger partial charge on any atom is -0.392 e. The Bertz CT molecular complexity index is 118. The zero-order valence-electron chi connectivity index (χ0n) is 6.59. The maximum Gasteiger partial charge on any atom is 0.0612 e. The fourth-order valence-corrected chi connectivity index (χ4v) is 1.68. The predicted octanol–water partition coefficient (Wildman–Crippen LogP) is 1.97. The molecule has 1 saturated carbocycles. The molecule has 1 aliphatic carbocycles. The van der Waals surface area contributed by atoms with Crippen molar-refractivity contribution >= 4 is 0 Å². The quantitative estimate of drug-likeness (QED) is 0.581. The highest BCUT2D eigenvalue weighted by molar-refractivity contribution is 4.91. The first-order chi connectivity index (χ1) is 4.83. The molecule has 1 nitrogen and oxygen atoms in total. The minimum absolute atomic E-state index is 0.199. The lowest BCUT2D eigenvalue weighted by Gasteiger charge is -2.00. The molecule has 0 radical (unpaired) electrons. The van der Waals surface area contributed by atoms with Crippen LogP contribution in [0.15, 0.2) is 12.2 Å². The molecule has 0 unspecified atom stereocenters. The van der Waals surface area contributed by atoms with E-state index >= 15 is 0 Å². The molecule has 0 saturated heterocycles. The standard InChI is InChI=1S/C9H16O/c1-8-4-5-9(7-8)3-2-6-10/h2-3,8-10H,4-7H2,1H3/b3-2-/t8-,9+/m0/s1. The van der Waals surface area contributed by atoms with E-state index in [0.29, 0.717) is 0 Å². The second-order valence-corrected chi connectivity index (χ2v) is 3.29. The molecule has 1 fully saturated rings. The second kappa shape index (κ2) is 3.77. The highest BCUT2D eigenvalue weighted by atomic mass is 16.2. The van der Waals surface area contributed by atoms with Crippen LogP contribution in [0.2, 0.25) is 0 Å². The molecular formula is C9H16O. The van der Waals surface area contributed by atoms with Crippen molar-refractivity contribution in [2.75, 3.05) is 6.61 Å². The van der Waals surface area contributed by atoms with E-state index < -0.39 is 0 Å². The van der Waals surface area contributed by atoms with E-state index in [0.717, 1.165) is 11.8 Å². The number of aliphatic hydroxyl groups is 1. The maximum atomic E-state index is 8.51.